The third-order valence-electron chi connectivity index (χ3n) is 2.88. The zero-order valence-electron chi connectivity index (χ0n) is 11.2. The molecule has 0 aliphatic carbocycles. The van der Waals surface area contributed by atoms with Gasteiger partial charge in [0.25, 0.3) is 5.91 Å². The predicted octanol–water partition coefficient (Wildman–Crippen LogP) is 3.53. The molecule has 1 heterocycles. The lowest BCUT2D eigenvalue weighted by Gasteiger charge is -2.09. The lowest BCUT2D eigenvalue weighted by Crippen LogP contribution is -2.17. The van der Waals surface area contributed by atoms with Crippen LogP contribution in [0.4, 0.5) is 5.69 Å². The van der Waals surface area contributed by atoms with Crippen LogP contribution in [0.1, 0.15) is 28.7 Å². The summed E-state index contributed by atoms with van der Waals surface area (Å²) in [5.74, 6) is -0.136. The van der Waals surface area contributed by atoms with Crippen molar-refractivity contribution in [1.82, 2.24) is 9.78 Å². The fourth-order valence-corrected chi connectivity index (χ4v) is 2.25. The molecule has 1 N–H and O–H groups in total. The number of nitrogens with zero attached hydrogens (tertiary/aromatic N) is 2. The lowest BCUT2D eigenvalue weighted by atomic mass is 10.2. The molecule has 0 saturated carbocycles. The van der Waals surface area contributed by atoms with Crippen LogP contribution >= 0.6 is 15.9 Å². The van der Waals surface area contributed by atoms with E-state index in [0.29, 0.717) is 12.2 Å². The van der Waals surface area contributed by atoms with Crippen molar-refractivity contribution in [2.45, 2.75) is 27.3 Å². The van der Waals surface area contributed by atoms with Gasteiger partial charge in [0.1, 0.15) is 5.69 Å². The van der Waals surface area contributed by atoms with Crippen molar-refractivity contribution in [3.8, 4) is 0 Å². The highest BCUT2D eigenvalue weighted by molar-refractivity contribution is 9.10. The van der Waals surface area contributed by atoms with Gasteiger partial charge in [0.15, 0.2) is 0 Å². The Bertz CT molecular complexity index is 619. The monoisotopic (exact) mass is 321 g/mol. The topological polar surface area (TPSA) is 46.9 Å². The molecule has 0 unspecified atom stereocenters. The molecule has 0 bridgehead atoms. The summed E-state index contributed by atoms with van der Waals surface area (Å²) >= 11 is 3.41. The molecule has 100 valence electrons. The number of carbonyl (C=O) groups is 1. The molecular formula is C14H16BrN3O. The van der Waals surface area contributed by atoms with Crippen LogP contribution in [0.25, 0.3) is 0 Å². The zero-order valence-corrected chi connectivity index (χ0v) is 12.8. The van der Waals surface area contributed by atoms with Crippen LogP contribution < -0.4 is 5.32 Å². The van der Waals surface area contributed by atoms with E-state index >= 15 is 0 Å². The minimum atomic E-state index is -0.136. The lowest BCUT2D eigenvalue weighted by molar-refractivity contribution is 0.101. The van der Waals surface area contributed by atoms with Crippen molar-refractivity contribution in [2.75, 3.05) is 5.32 Å². The fourth-order valence-electron chi connectivity index (χ4n) is 1.88. The largest absolute Gasteiger partial charge is 0.320 e. The van der Waals surface area contributed by atoms with E-state index in [2.05, 4.69) is 26.3 Å². The number of aromatic nitrogens is 2. The average molecular weight is 322 g/mol. The Hall–Kier alpha value is -1.62. The molecule has 0 aliphatic heterocycles. The van der Waals surface area contributed by atoms with Crippen LogP contribution in [0.2, 0.25) is 0 Å². The second kappa shape index (κ2) is 5.57. The van der Waals surface area contributed by atoms with Gasteiger partial charge in [-0.25, -0.2) is 0 Å². The normalized spacial score (nSPS) is 10.5. The first kappa shape index (κ1) is 13.8. The van der Waals surface area contributed by atoms with Crippen molar-refractivity contribution < 1.29 is 4.79 Å². The van der Waals surface area contributed by atoms with E-state index in [1.54, 1.807) is 10.7 Å². The van der Waals surface area contributed by atoms with E-state index in [1.807, 2.05) is 39.0 Å². The minimum absolute atomic E-state index is 0.136. The number of carbonyl (C=O) groups excluding carboxylic acids is 1. The summed E-state index contributed by atoms with van der Waals surface area (Å²) in [4.78, 5) is 12.3. The summed E-state index contributed by atoms with van der Waals surface area (Å²) in [6.07, 6.45) is 0. The number of halogens is 1. The summed E-state index contributed by atoms with van der Waals surface area (Å²) in [7, 11) is 0. The maximum atomic E-state index is 12.3. The van der Waals surface area contributed by atoms with Gasteiger partial charge in [0.2, 0.25) is 0 Å². The van der Waals surface area contributed by atoms with E-state index in [1.165, 1.54) is 0 Å². The molecule has 0 radical (unpaired) electrons. The Labute approximate surface area is 120 Å². The van der Waals surface area contributed by atoms with E-state index in [0.717, 1.165) is 21.4 Å². The molecule has 2 rings (SSSR count). The highest BCUT2D eigenvalue weighted by atomic mass is 79.9. The molecule has 0 spiro atoms. The summed E-state index contributed by atoms with van der Waals surface area (Å²) in [6, 6.07) is 7.60. The number of amides is 1. The summed E-state index contributed by atoms with van der Waals surface area (Å²) in [5.41, 5.74) is 3.26. The van der Waals surface area contributed by atoms with Gasteiger partial charge in [0, 0.05) is 16.7 Å². The summed E-state index contributed by atoms with van der Waals surface area (Å²) < 4.78 is 2.64. The molecule has 4 nitrogen and oxygen atoms in total. The fraction of sp³-hybridized carbons (Fsp3) is 0.286. The molecule has 1 aromatic carbocycles. The summed E-state index contributed by atoms with van der Waals surface area (Å²) in [5, 5.41) is 7.20. The molecule has 19 heavy (non-hydrogen) atoms. The van der Waals surface area contributed by atoms with E-state index in [9.17, 15) is 4.79 Å². The minimum Gasteiger partial charge on any atom is -0.320 e. The third kappa shape index (κ3) is 3.04. The van der Waals surface area contributed by atoms with Gasteiger partial charge < -0.3 is 5.32 Å². The maximum absolute atomic E-state index is 12.3. The standard InChI is InChI=1S/C14H16BrN3O/c1-4-18-13(7-10(3)17-18)14(19)16-12-8-11(15)6-5-9(12)2/h5-8H,4H2,1-3H3,(H,16,19). The number of rotatable bonds is 3. The second-order valence-corrected chi connectivity index (χ2v) is 5.32. The summed E-state index contributed by atoms with van der Waals surface area (Å²) in [6.45, 7) is 6.49. The predicted molar refractivity (Wildman–Crippen MR) is 79.5 cm³/mol. The highest BCUT2D eigenvalue weighted by Crippen LogP contribution is 2.21. The van der Waals surface area contributed by atoms with E-state index in [4.69, 9.17) is 0 Å². The Kier molecular flexibility index (Phi) is 4.04. The Morgan fingerprint density at radius 2 is 2.11 bits per heavy atom. The molecule has 0 atom stereocenters. The van der Waals surface area contributed by atoms with E-state index in [-0.39, 0.29) is 5.91 Å². The van der Waals surface area contributed by atoms with Crippen molar-refractivity contribution in [3.05, 3.63) is 45.7 Å². The van der Waals surface area contributed by atoms with Gasteiger partial charge >= 0.3 is 0 Å². The molecule has 2 aromatic rings. The van der Waals surface area contributed by atoms with Gasteiger partial charge in [-0.1, -0.05) is 22.0 Å². The molecule has 0 fully saturated rings. The van der Waals surface area contributed by atoms with Crippen LogP contribution in [0, 0.1) is 13.8 Å². The zero-order chi connectivity index (χ0) is 14.0. The molecule has 0 saturated heterocycles. The van der Waals surface area contributed by atoms with Crippen LogP contribution in [-0.4, -0.2) is 15.7 Å². The molecular weight excluding hydrogens is 306 g/mol. The maximum Gasteiger partial charge on any atom is 0.273 e. The number of hydrogen-bond donors (Lipinski definition) is 1. The van der Waals surface area contributed by atoms with Gasteiger partial charge in [-0.2, -0.15) is 5.10 Å². The Balaban J connectivity index is 2.27. The van der Waals surface area contributed by atoms with Crippen molar-refractivity contribution in [1.29, 1.82) is 0 Å². The van der Waals surface area contributed by atoms with Gasteiger partial charge in [-0.15, -0.1) is 0 Å². The highest BCUT2D eigenvalue weighted by Gasteiger charge is 2.14. The van der Waals surface area contributed by atoms with Crippen LogP contribution in [-0.2, 0) is 6.54 Å². The van der Waals surface area contributed by atoms with Crippen molar-refractivity contribution in [3.63, 3.8) is 0 Å². The van der Waals surface area contributed by atoms with Crippen LogP contribution in [0.15, 0.2) is 28.7 Å². The number of nitrogens with one attached hydrogen (secondary N) is 1. The Morgan fingerprint density at radius 1 is 1.37 bits per heavy atom. The van der Waals surface area contributed by atoms with Gasteiger partial charge in [-0.3, -0.25) is 9.48 Å². The number of hydrogen-bond acceptors (Lipinski definition) is 2. The quantitative estimate of drug-likeness (QED) is 0.939. The molecule has 5 heteroatoms. The van der Waals surface area contributed by atoms with Gasteiger partial charge in [-0.05, 0) is 44.5 Å². The van der Waals surface area contributed by atoms with Gasteiger partial charge in [0.05, 0.1) is 5.69 Å². The van der Waals surface area contributed by atoms with E-state index < -0.39 is 0 Å². The molecule has 1 aromatic heterocycles. The number of anilines is 1. The number of aryl methyl sites for hydroxylation is 3. The molecule has 0 aliphatic rings. The SMILES string of the molecule is CCn1nc(C)cc1C(=O)Nc1cc(Br)ccc1C. The smallest absolute Gasteiger partial charge is 0.273 e. The average Bonchev–Trinajstić information content (AvgIpc) is 2.75. The van der Waals surface area contributed by atoms with Crippen molar-refractivity contribution in [2.24, 2.45) is 0 Å². The molecule has 1 amide bonds. The first-order valence-electron chi connectivity index (χ1n) is 6.13. The first-order chi connectivity index (χ1) is 9.01. The van der Waals surface area contributed by atoms with Crippen LogP contribution in [0.3, 0.4) is 0 Å². The van der Waals surface area contributed by atoms with Crippen LogP contribution in [0.5, 0.6) is 0 Å². The van der Waals surface area contributed by atoms with Crippen molar-refractivity contribution >= 4 is 27.5 Å². The number of benzene rings is 1. The third-order valence-corrected chi connectivity index (χ3v) is 3.38. The Morgan fingerprint density at radius 3 is 2.79 bits per heavy atom. The first-order valence-corrected chi connectivity index (χ1v) is 6.92. The second-order valence-electron chi connectivity index (χ2n) is 4.40.